The van der Waals surface area contributed by atoms with E-state index in [0.29, 0.717) is 6.54 Å². The van der Waals surface area contributed by atoms with E-state index in [4.69, 9.17) is 4.74 Å². The number of benzene rings is 1. The Labute approximate surface area is 99.4 Å². The molecular weight excluding hydrogens is 224 g/mol. The average molecular weight is 240 g/mol. The largest absolute Gasteiger partial charge is 0.484 e. The third kappa shape index (κ3) is 4.01. The van der Waals surface area contributed by atoms with Crippen molar-refractivity contribution >= 4 is 5.69 Å². The molecule has 1 aromatic rings. The fourth-order valence-corrected chi connectivity index (χ4v) is 1.37. The zero-order valence-corrected chi connectivity index (χ0v) is 9.84. The number of nitrogens with zero attached hydrogens (tertiary/aromatic N) is 1. The first-order valence-corrected chi connectivity index (χ1v) is 5.25. The van der Waals surface area contributed by atoms with Crippen molar-refractivity contribution in [2.24, 2.45) is 0 Å². The number of aryl methyl sites for hydroxylation is 1. The van der Waals surface area contributed by atoms with Gasteiger partial charge in [-0.2, -0.15) is 0 Å². The van der Waals surface area contributed by atoms with Crippen molar-refractivity contribution < 1.29 is 14.8 Å². The molecule has 6 heteroatoms. The van der Waals surface area contributed by atoms with Gasteiger partial charge in [0.05, 0.1) is 4.92 Å². The Morgan fingerprint density at radius 2 is 2.29 bits per heavy atom. The fraction of sp³-hybridized carbons (Fsp3) is 0.455. The zero-order valence-electron chi connectivity index (χ0n) is 9.84. The van der Waals surface area contributed by atoms with E-state index in [0.717, 1.165) is 5.56 Å². The Kier molecular flexibility index (Phi) is 4.86. The third-order valence-corrected chi connectivity index (χ3v) is 2.18. The minimum atomic E-state index is -0.694. The summed E-state index contributed by atoms with van der Waals surface area (Å²) >= 11 is 0. The van der Waals surface area contributed by atoms with E-state index >= 15 is 0 Å². The second-order valence-corrected chi connectivity index (χ2v) is 3.75. The van der Waals surface area contributed by atoms with Gasteiger partial charge in [0.15, 0.2) is 5.75 Å². The average Bonchev–Trinajstić information content (AvgIpc) is 2.26. The van der Waals surface area contributed by atoms with Gasteiger partial charge in [-0.3, -0.25) is 10.1 Å². The highest BCUT2D eigenvalue weighted by molar-refractivity contribution is 5.48. The van der Waals surface area contributed by atoms with Crippen molar-refractivity contribution in [2.75, 3.05) is 20.2 Å². The van der Waals surface area contributed by atoms with Crippen LogP contribution in [0.25, 0.3) is 0 Å². The maximum absolute atomic E-state index is 10.8. The Morgan fingerprint density at radius 3 is 2.88 bits per heavy atom. The van der Waals surface area contributed by atoms with Crippen LogP contribution in [-0.4, -0.2) is 36.3 Å². The van der Waals surface area contributed by atoms with Crippen LogP contribution in [0.5, 0.6) is 5.75 Å². The van der Waals surface area contributed by atoms with Gasteiger partial charge in [0.2, 0.25) is 0 Å². The predicted molar refractivity (Wildman–Crippen MR) is 63.3 cm³/mol. The van der Waals surface area contributed by atoms with Crippen LogP contribution < -0.4 is 10.1 Å². The summed E-state index contributed by atoms with van der Waals surface area (Å²) in [6.07, 6.45) is -0.694. The third-order valence-electron chi connectivity index (χ3n) is 2.18. The van der Waals surface area contributed by atoms with E-state index in [1.165, 1.54) is 6.07 Å². The lowest BCUT2D eigenvalue weighted by atomic mass is 10.2. The van der Waals surface area contributed by atoms with Crippen molar-refractivity contribution in [3.05, 3.63) is 33.9 Å². The van der Waals surface area contributed by atoms with Crippen LogP contribution in [0.4, 0.5) is 5.69 Å². The lowest BCUT2D eigenvalue weighted by Crippen LogP contribution is -2.29. The van der Waals surface area contributed by atoms with Gasteiger partial charge < -0.3 is 15.2 Å². The normalized spacial score (nSPS) is 12.2. The van der Waals surface area contributed by atoms with Crippen LogP contribution in [0.3, 0.4) is 0 Å². The van der Waals surface area contributed by atoms with Crippen molar-refractivity contribution in [3.63, 3.8) is 0 Å². The van der Waals surface area contributed by atoms with Gasteiger partial charge in [0.1, 0.15) is 12.7 Å². The number of nitro benzene ring substituents is 1. The summed E-state index contributed by atoms with van der Waals surface area (Å²) in [5, 5.41) is 23.0. The van der Waals surface area contributed by atoms with Crippen molar-refractivity contribution in [1.82, 2.24) is 5.32 Å². The summed E-state index contributed by atoms with van der Waals surface area (Å²) in [5.41, 5.74) is 0.779. The molecular formula is C11H16N2O4. The highest BCUT2D eigenvalue weighted by atomic mass is 16.6. The molecule has 0 amide bonds. The molecule has 0 saturated carbocycles. The molecule has 0 aliphatic heterocycles. The van der Waals surface area contributed by atoms with Gasteiger partial charge in [0.25, 0.3) is 0 Å². The maximum Gasteiger partial charge on any atom is 0.310 e. The zero-order chi connectivity index (χ0) is 12.8. The predicted octanol–water partition coefficient (Wildman–Crippen LogP) is 0.862. The molecule has 0 bridgehead atoms. The minimum Gasteiger partial charge on any atom is -0.484 e. The number of ether oxygens (including phenoxy) is 1. The number of aliphatic hydroxyl groups excluding tert-OH is 1. The standard InChI is InChI=1S/C11H16N2O4/c1-8-3-4-10(13(15)16)11(5-8)17-7-9(14)6-12-2/h3-5,9,12,14H,6-7H2,1-2H3. The number of hydrogen-bond acceptors (Lipinski definition) is 5. The molecule has 0 saturated heterocycles. The Bertz CT molecular complexity index is 395. The molecule has 0 spiro atoms. The lowest BCUT2D eigenvalue weighted by Gasteiger charge is -2.12. The van der Waals surface area contributed by atoms with Gasteiger partial charge in [-0.25, -0.2) is 0 Å². The molecule has 17 heavy (non-hydrogen) atoms. The molecule has 0 fully saturated rings. The minimum absolute atomic E-state index is 0.0190. The van der Waals surface area contributed by atoms with Crippen LogP contribution in [0.1, 0.15) is 5.56 Å². The molecule has 0 heterocycles. The first-order chi connectivity index (χ1) is 8.04. The van der Waals surface area contributed by atoms with Gasteiger partial charge in [-0.05, 0) is 25.6 Å². The monoisotopic (exact) mass is 240 g/mol. The summed E-state index contributed by atoms with van der Waals surface area (Å²) < 4.78 is 5.26. The fourth-order valence-electron chi connectivity index (χ4n) is 1.37. The van der Waals surface area contributed by atoms with Crippen LogP contribution in [0.15, 0.2) is 18.2 Å². The molecule has 1 atom stereocenters. The van der Waals surface area contributed by atoms with E-state index < -0.39 is 11.0 Å². The molecule has 1 aromatic carbocycles. The Morgan fingerprint density at radius 1 is 1.59 bits per heavy atom. The first kappa shape index (κ1) is 13.4. The summed E-state index contributed by atoms with van der Waals surface area (Å²) in [6, 6.07) is 4.63. The lowest BCUT2D eigenvalue weighted by molar-refractivity contribution is -0.385. The van der Waals surface area contributed by atoms with E-state index in [-0.39, 0.29) is 18.0 Å². The van der Waals surface area contributed by atoms with E-state index in [1.54, 1.807) is 19.2 Å². The highest BCUT2D eigenvalue weighted by Crippen LogP contribution is 2.27. The molecule has 1 unspecified atom stereocenters. The number of nitrogens with one attached hydrogen (secondary N) is 1. The SMILES string of the molecule is CNCC(O)COc1cc(C)ccc1[N+](=O)[O-]. The van der Waals surface area contributed by atoms with Crippen LogP contribution in [-0.2, 0) is 0 Å². The number of nitro groups is 1. The van der Waals surface area contributed by atoms with Crippen LogP contribution in [0.2, 0.25) is 0 Å². The van der Waals surface area contributed by atoms with Gasteiger partial charge >= 0.3 is 5.69 Å². The quantitative estimate of drug-likeness (QED) is 0.569. The van der Waals surface area contributed by atoms with Crippen LogP contribution in [0, 0.1) is 17.0 Å². The summed E-state index contributed by atoms with van der Waals surface area (Å²) in [6.45, 7) is 2.21. The number of rotatable bonds is 6. The van der Waals surface area contributed by atoms with E-state index in [9.17, 15) is 15.2 Å². The summed E-state index contributed by atoms with van der Waals surface area (Å²) in [4.78, 5) is 10.3. The smallest absolute Gasteiger partial charge is 0.310 e. The molecule has 0 radical (unpaired) electrons. The number of aliphatic hydroxyl groups is 1. The number of likely N-dealkylation sites (N-methyl/N-ethyl adjacent to an activating group) is 1. The highest BCUT2D eigenvalue weighted by Gasteiger charge is 2.15. The molecule has 0 aliphatic carbocycles. The maximum atomic E-state index is 10.8. The molecule has 0 aromatic heterocycles. The molecule has 1 rings (SSSR count). The van der Waals surface area contributed by atoms with E-state index in [1.807, 2.05) is 6.92 Å². The Balaban J connectivity index is 2.75. The second kappa shape index (κ2) is 6.17. The van der Waals surface area contributed by atoms with Gasteiger partial charge in [0, 0.05) is 12.6 Å². The summed E-state index contributed by atoms with van der Waals surface area (Å²) in [5.74, 6) is 0.185. The van der Waals surface area contributed by atoms with Gasteiger partial charge in [-0.1, -0.05) is 6.07 Å². The van der Waals surface area contributed by atoms with Crippen molar-refractivity contribution in [3.8, 4) is 5.75 Å². The van der Waals surface area contributed by atoms with E-state index in [2.05, 4.69) is 5.32 Å². The van der Waals surface area contributed by atoms with Gasteiger partial charge in [-0.15, -0.1) is 0 Å². The molecule has 0 aliphatic rings. The summed E-state index contributed by atoms with van der Waals surface area (Å²) in [7, 11) is 1.71. The molecule has 94 valence electrons. The first-order valence-electron chi connectivity index (χ1n) is 5.25. The van der Waals surface area contributed by atoms with Crippen molar-refractivity contribution in [2.45, 2.75) is 13.0 Å². The topological polar surface area (TPSA) is 84.6 Å². The van der Waals surface area contributed by atoms with Crippen LogP contribution >= 0.6 is 0 Å². The molecule has 2 N–H and O–H groups in total. The number of hydrogen-bond donors (Lipinski definition) is 2. The second-order valence-electron chi connectivity index (χ2n) is 3.75. The Hall–Kier alpha value is -1.66. The van der Waals surface area contributed by atoms with Crippen molar-refractivity contribution in [1.29, 1.82) is 0 Å². The molecule has 6 nitrogen and oxygen atoms in total.